The summed E-state index contributed by atoms with van der Waals surface area (Å²) in [4.78, 5) is 0. The molecule has 96 valence electrons. The Kier molecular flexibility index (Phi) is 2.81. The van der Waals surface area contributed by atoms with E-state index in [1.165, 1.54) is 41.6 Å². The van der Waals surface area contributed by atoms with Crippen LogP contribution in [-0.2, 0) is 6.42 Å². The SMILES string of the molecule is CCc1cc(C)ccc1C1=C(N)C2CCCC2N1. The lowest BCUT2D eigenvalue weighted by Gasteiger charge is -2.14. The second kappa shape index (κ2) is 4.34. The van der Waals surface area contributed by atoms with Crippen LogP contribution < -0.4 is 11.1 Å². The third-order valence-corrected chi connectivity index (χ3v) is 4.44. The van der Waals surface area contributed by atoms with Crippen LogP contribution in [0.25, 0.3) is 5.70 Å². The molecule has 0 saturated heterocycles. The van der Waals surface area contributed by atoms with E-state index in [4.69, 9.17) is 5.73 Å². The van der Waals surface area contributed by atoms with Crippen molar-refractivity contribution in [2.75, 3.05) is 0 Å². The Morgan fingerprint density at radius 2 is 2.17 bits per heavy atom. The van der Waals surface area contributed by atoms with Crippen molar-refractivity contribution in [2.45, 2.75) is 45.6 Å². The van der Waals surface area contributed by atoms with Crippen molar-refractivity contribution in [3.05, 3.63) is 40.6 Å². The third-order valence-electron chi connectivity index (χ3n) is 4.44. The van der Waals surface area contributed by atoms with E-state index >= 15 is 0 Å². The van der Waals surface area contributed by atoms with Gasteiger partial charge in [-0.3, -0.25) is 0 Å². The second-order valence-corrected chi connectivity index (χ2v) is 5.63. The summed E-state index contributed by atoms with van der Waals surface area (Å²) in [5, 5.41) is 3.67. The lowest BCUT2D eigenvalue weighted by molar-refractivity contribution is 0.539. The van der Waals surface area contributed by atoms with Crippen LogP contribution in [0.2, 0.25) is 0 Å². The first kappa shape index (κ1) is 11.6. The van der Waals surface area contributed by atoms with Gasteiger partial charge in [-0.05, 0) is 31.7 Å². The van der Waals surface area contributed by atoms with Gasteiger partial charge in [0.15, 0.2) is 0 Å². The fourth-order valence-electron chi connectivity index (χ4n) is 3.45. The molecule has 1 fully saturated rings. The monoisotopic (exact) mass is 242 g/mol. The van der Waals surface area contributed by atoms with Gasteiger partial charge in [0.25, 0.3) is 0 Å². The van der Waals surface area contributed by atoms with Gasteiger partial charge in [-0.2, -0.15) is 0 Å². The maximum Gasteiger partial charge on any atom is 0.0613 e. The summed E-state index contributed by atoms with van der Waals surface area (Å²) < 4.78 is 0. The van der Waals surface area contributed by atoms with Crippen molar-refractivity contribution in [2.24, 2.45) is 11.7 Å². The number of nitrogens with two attached hydrogens (primary N) is 1. The lowest BCUT2D eigenvalue weighted by Crippen LogP contribution is -2.24. The number of aryl methyl sites for hydroxylation is 2. The zero-order valence-electron chi connectivity index (χ0n) is 11.3. The van der Waals surface area contributed by atoms with E-state index in [0.29, 0.717) is 12.0 Å². The zero-order chi connectivity index (χ0) is 12.7. The van der Waals surface area contributed by atoms with Gasteiger partial charge in [-0.1, -0.05) is 37.1 Å². The highest BCUT2D eigenvalue weighted by molar-refractivity contribution is 5.72. The van der Waals surface area contributed by atoms with Gasteiger partial charge < -0.3 is 11.1 Å². The molecule has 0 radical (unpaired) electrons. The molecule has 3 N–H and O–H groups in total. The average Bonchev–Trinajstić information content (AvgIpc) is 2.93. The highest BCUT2D eigenvalue weighted by atomic mass is 15.0. The number of fused-ring (bicyclic) bond motifs is 1. The van der Waals surface area contributed by atoms with E-state index in [9.17, 15) is 0 Å². The summed E-state index contributed by atoms with van der Waals surface area (Å²) >= 11 is 0. The molecule has 1 aliphatic heterocycles. The minimum absolute atomic E-state index is 0.575. The molecule has 1 aromatic rings. The first-order valence-electron chi connectivity index (χ1n) is 7.06. The van der Waals surface area contributed by atoms with Crippen molar-refractivity contribution in [3.8, 4) is 0 Å². The molecule has 1 aliphatic carbocycles. The van der Waals surface area contributed by atoms with Crippen molar-refractivity contribution >= 4 is 5.70 Å². The van der Waals surface area contributed by atoms with Crippen molar-refractivity contribution < 1.29 is 0 Å². The average molecular weight is 242 g/mol. The highest BCUT2D eigenvalue weighted by Gasteiger charge is 2.37. The molecule has 2 unspecified atom stereocenters. The predicted molar refractivity (Wildman–Crippen MR) is 75.9 cm³/mol. The third kappa shape index (κ3) is 1.71. The first-order chi connectivity index (χ1) is 8.70. The van der Waals surface area contributed by atoms with Crippen LogP contribution in [0, 0.1) is 12.8 Å². The summed E-state index contributed by atoms with van der Waals surface area (Å²) in [6.07, 6.45) is 4.89. The van der Waals surface area contributed by atoms with Gasteiger partial charge in [0.05, 0.1) is 5.70 Å². The number of nitrogens with one attached hydrogen (secondary N) is 1. The van der Waals surface area contributed by atoms with Gasteiger partial charge in [-0.25, -0.2) is 0 Å². The summed E-state index contributed by atoms with van der Waals surface area (Å²) in [5.41, 5.74) is 12.7. The summed E-state index contributed by atoms with van der Waals surface area (Å²) in [6.45, 7) is 4.36. The topological polar surface area (TPSA) is 38.0 Å². The second-order valence-electron chi connectivity index (χ2n) is 5.63. The Morgan fingerprint density at radius 1 is 1.33 bits per heavy atom. The Bertz CT molecular complexity index is 502. The molecule has 2 aliphatic rings. The minimum atomic E-state index is 0.575. The molecule has 2 heteroatoms. The molecule has 0 bridgehead atoms. The first-order valence-corrected chi connectivity index (χ1v) is 7.06. The number of hydrogen-bond donors (Lipinski definition) is 2. The predicted octanol–water partition coefficient (Wildman–Crippen LogP) is 2.96. The molecule has 0 amide bonds. The van der Waals surface area contributed by atoms with E-state index in [2.05, 4.69) is 37.4 Å². The van der Waals surface area contributed by atoms with Crippen LogP contribution in [0.4, 0.5) is 0 Å². The van der Waals surface area contributed by atoms with Crippen LogP contribution in [0.1, 0.15) is 42.9 Å². The van der Waals surface area contributed by atoms with Crippen LogP contribution >= 0.6 is 0 Å². The Balaban J connectivity index is 2.03. The molecule has 0 spiro atoms. The van der Waals surface area contributed by atoms with Gasteiger partial charge in [-0.15, -0.1) is 0 Å². The molecule has 2 atom stereocenters. The molecule has 18 heavy (non-hydrogen) atoms. The Hall–Kier alpha value is -1.44. The molecule has 1 saturated carbocycles. The number of hydrogen-bond acceptors (Lipinski definition) is 2. The molecule has 1 heterocycles. The van der Waals surface area contributed by atoms with Crippen LogP contribution in [0.3, 0.4) is 0 Å². The Morgan fingerprint density at radius 3 is 2.89 bits per heavy atom. The van der Waals surface area contributed by atoms with Crippen LogP contribution in [0.15, 0.2) is 23.9 Å². The molecular formula is C16H22N2. The van der Waals surface area contributed by atoms with Gasteiger partial charge >= 0.3 is 0 Å². The molecular weight excluding hydrogens is 220 g/mol. The fourth-order valence-corrected chi connectivity index (χ4v) is 3.45. The van der Waals surface area contributed by atoms with E-state index < -0.39 is 0 Å². The van der Waals surface area contributed by atoms with Crippen LogP contribution in [0.5, 0.6) is 0 Å². The van der Waals surface area contributed by atoms with Crippen LogP contribution in [-0.4, -0.2) is 6.04 Å². The lowest BCUT2D eigenvalue weighted by atomic mass is 9.97. The summed E-state index contributed by atoms with van der Waals surface area (Å²) in [7, 11) is 0. The molecule has 2 nitrogen and oxygen atoms in total. The minimum Gasteiger partial charge on any atom is -0.400 e. The van der Waals surface area contributed by atoms with E-state index in [1.54, 1.807) is 0 Å². The van der Waals surface area contributed by atoms with Crippen molar-refractivity contribution in [1.82, 2.24) is 5.32 Å². The van der Waals surface area contributed by atoms with Gasteiger partial charge in [0.2, 0.25) is 0 Å². The van der Waals surface area contributed by atoms with Gasteiger partial charge in [0, 0.05) is 23.2 Å². The smallest absolute Gasteiger partial charge is 0.0613 e. The molecule has 0 aromatic heterocycles. The standard InChI is InChI=1S/C16H22N2/c1-3-11-9-10(2)7-8-12(11)16-15(17)13-5-4-6-14(13)18-16/h7-9,13-14,18H,3-6,17H2,1-2H3. The van der Waals surface area contributed by atoms with E-state index in [0.717, 1.165) is 12.1 Å². The number of benzene rings is 1. The molecule has 3 rings (SSSR count). The quantitative estimate of drug-likeness (QED) is 0.836. The van der Waals surface area contributed by atoms with E-state index in [1.807, 2.05) is 0 Å². The van der Waals surface area contributed by atoms with Crippen molar-refractivity contribution in [1.29, 1.82) is 0 Å². The fraction of sp³-hybridized carbons (Fsp3) is 0.500. The van der Waals surface area contributed by atoms with Crippen molar-refractivity contribution in [3.63, 3.8) is 0 Å². The summed E-state index contributed by atoms with van der Waals surface area (Å²) in [5.74, 6) is 0.575. The largest absolute Gasteiger partial charge is 0.400 e. The highest BCUT2D eigenvalue weighted by Crippen LogP contribution is 2.39. The maximum atomic E-state index is 6.37. The zero-order valence-corrected chi connectivity index (χ0v) is 11.3. The normalized spacial score (nSPS) is 26.3. The number of rotatable bonds is 2. The van der Waals surface area contributed by atoms with Gasteiger partial charge in [0.1, 0.15) is 0 Å². The molecule has 1 aromatic carbocycles. The van der Waals surface area contributed by atoms with E-state index in [-0.39, 0.29) is 0 Å². The Labute approximate surface area is 109 Å². The maximum absolute atomic E-state index is 6.37. The summed E-state index contributed by atoms with van der Waals surface area (Å²) in [6, 6.07) is 7.28.